The molecule has 224 valence electrons. The van der Waals surface area contributed by atoms with Gasteiger partial charge in [-0.05, 0) is 31.5 Å². The molecule has 0 aliphatic heterocycles. The highest BCUT2D eigenvalue weighted by Gasteiger charge is 2.38. The largest absolute Gasteiger partial charge is 0.435 e. The fourth-order valence-electron chi connectivity index (χ4n) is 4.19. The van der Waals surface area contributed by atoms with E-state index in [0.717, 1.165) is 18.5 Å². The van der Waals surface area contributed by atoms with Gasteiger partial charge in [-0.15, -0.1) is 0 Å². The smallest absolute Gasteiger partial charge is 0.353 e. The van der Waals surface area contributed by atoms with E-state index in [9.17, 15) is 31.5 Å². The van der Waals surface area contributed by atoms with Gasteiger partial charge < -0.3 is 21.7 Å². The first-order valence-corrected chi connectivity index (χ1v) is 12.4. The summed E-state index contributed by atoms with van der Waals surface area (Å²) in [5, 5.41) is 11.2. The zero-order valence-corrected chi connectivity index (χ0v) is 22.1. The zero-order chi connectivity index (χ0) is 30.8. The van der Waals surface area contributed by atoms with Gasteiger partial charge in [-0.3, -0.25) is 18.7 Å². The maximum Gasteiger partial charge on any atom is 0.435 e. The molecule has 0 saturated carbocycles. The number of aryl methyl sites for hydroxylation is 1. The molecule has 0 bridgehead atoms. The average molecular weight is 598 g/mol. The predicted octanol–water partition coefficient (Wildman–Crippen LogP) is 3.26. The van der Waals surface area contributed by atoms with Crippen molar-refractivity contribution < 1.29 is 35.9 Å². The molecule has 1 atom stereocenters. The SMILES string of the molecule is Cc1cc(Nc2nccn3c(-c4cn(CC(F)F)nc4C(F)(F)F)cnc23)cc(F)c1C(=O)N[C@H](C)CNC(=O)CN. The van der Waals surface area contributed by atoms with Crippen LogP contribution in [0, 0.1) is 12.7 Å². The monoisotopic (exact) mass is 597 g/mol. The van der Waals surface area contributed by atoms with Gasteiger partial charge >= 0.3 is 6.18 Å². The number of hydrogen-bond acceptors (Lipinski definition) is 7. The summed E-state index contributed by atoms with van der Waals surface area (Å²) in [6, 6.07) is 1.97. The lowest BCUT2D eigenvalue weighted by molar-refractivity contribution is -0.141. The van der Waals surface area contributed by atoms with Crippen LogP contribution in [0.4, 0.5) is 37.8 Å². The summed E-state index contributed by atoms with van der Waals surface area (Å²) in [6.45, 7) is 1.95. The number of alkyl halides is 5. The number of halogens is 6. The second-order valence-corrected chi connectivity index (χ2v) is 9.27. The Morgan fingerprint density at radius 3 is 2.55 bits per heavy atom. The molecule has 0 unspecified atom stereocenters. The Morgan fingerprint density at radius 2 is 1.90 bits per heavy atom. The molecule has 1 aromatic carbocycles. The van der Waals surface area contributed by atoms with Crippen LogP contribution in [0.5, 0.6) is 0 Å². The van der Waals surface area contributed by atoms with Crippen LogP contribution in [-0.4, -0.2) is 61.5 Å². The molecule has 0 aliphatic rings. The van der Waals surface area contributed by atoms with E-state index in [-0.39, 0.29) is 47.1 Å². The Morgan fingerprint density at radius 1 is 1.17 bits per heavy atom. The molecule has 42 heavy (non-hydrogen) atoms. The summed E-state index contributed by atoms with van der Waals surface area (Å²) in [7, 11) is 0. The maximum absolute atomic E-state index is 15.1. The number of carbonyl (C=O) groups is 2. The van der Waals surface area contributed by atoms with Crippen LogP contribution in [0.2, 0.25) is 0 Å². The van der Waals surface area contributed by atoms with Crippen LogP contribution < -0.4 is 21.7 Å². The Bertz CT molecular complexity index is 1590. The number of anilines is 2. The van der Waals surface area contributed by atoms with Crippen molar-refractivity contribution in [2.45, 2.75) is 39.0 Å². The van der Waals surface area contributed by atoms with Gasteiger partial charge in [0, 0.05) is 36.9 Å². The number of hydrogen-bond donors (Lipinski definition) is 4. The number of amides is 2. The zero-order valence-electron chi connectivity index (χ0n) is 22.1. The van der Waals surface area contributed by atoms with Gasteiger partial charge in [-0.25, -0.2) is 23.1 Å². The second-order valence-electron chi connectivity index (χ2n) is 9.27. The van der Waals surface area contributed by atoms with Crippen molar-refractivity contribution in [1.29, 1.82) is 0 Å². The van der Waals surface area contributed by atoms with Crippen LogP contribution in [0.1, 0.15) is 28.5 Å². The van der Waals surface area contributed by atoms with Crippen molar-refractivity contribution in [3.63, 3.8) is 0 Å². The van der Waals surface area contributed by atoms with Gasteiger partial charge in [0.1, 0.15) is 12.4 Å². The summed E-state index contributed by atoms with van der Waals surface area (Å²) in [6.07, 6.45) is -3.30. The Hall–Kier alpha value is -4.67. The normalized spacial score (nSPS) is 12.5. The molecular weight excluding hydrogens is 572 g/mol. The number of carbonyl (C=O) groups excluding carboxylic acids is 2. The van der Waals surface area contributed by atoms with Crippen LogP contribution in [0.15, 0.2) is 36.9 Å². The number of fused-ring (bicyclic) bond motifs is 1. The van der Waals surface area contributed by atoms with Gasteiger partial charge in [-0.1, -0.05) is 0 Å². The molecule has 5 N–H and O–H groups in total. The highest BCUT2D eigenvalue weighted by atomic mass is 19.4. The highest BCUT2D eigenvalue weighted by molar-refractivity contribution is 5.96. The molecule has 0 radical (unpaired) electrons. The first kappa shape index (κ1) is 30.3. The van der Waals surface area contributed by atoms with E-state index in [1.165, 1.54) is 29.8 Å². The van der Waals surface area contributed by atoms with Crippen molar-refractivity contribution in [3.05, 3.63) is 59.6 Å². The van der Waals surface area contributed by atoms with E-state index < -0.39 is 54.1 Å². The Kier molecular flexibility index (Phi) is 8.70. The van der Waals surface area contributed by atoms with Gasteiger partial charge in [0.25, 0.3) is 12.3 Å². The fourth-order valence-corrected chi connectivity index (χ4v) is 4.19. The third kappa shape index (κ3) is 6.62. The molecule has 17 heteroatoms. The number of benzene rings is 1. The number of nitrogens with two attached hydrogens (primary N) is 1. The summed E-state index contributed by atoms with van der Waals surface area (Å²) >= 11 is 0. The van der Waals surface area contributed by atoms with Gasteiger partial charge in [0.2, 0.25) is 5.91 Å². The predicted molar refractivity (Wildman–Crippen MR) is 139 cm³/mol. The number of imidazole rings is 1. The van der Waals surface area contributed by atoms with E-state index in [4.69, 9.17) is 5.73 Å². The molecule has 11 nitrogen and oxygen atoms in total. The van der Waals surface area contributed by atoms with Crippen molar-refractivity contribution in [1.82, 2.24) is 34.8 Å². The Labute approximate surface area is 234 Å². The molecule has 0 saturated heterocycles. The minimum Gasteiger partial charge on any atom is -0.353 e. The summed E-state index contributed by atoms with van der Waals surface area (Å²) in [4.78, 5) is 32.3. The molecule has 0 aliphatic carbocycles. The maximum atomic E-state index is 15.1. The topological polar surface area (TPSA) is 144 Å². The number of nitrogens with one attached hydrogen (secondary N) is 3. The minimum absolute atomic E-state index is 0.0394. The minimum atomic E-state index is -4.93. The summed E-state index contributed by atoms with van der Waals surface area (Å²) < 4.78 is 83.5. The third-order valence-electron chi connectivity index (χ3n) is 6.00. The van der Waals surface area contributed by atoms with E-state index in [2.05, 4.69) is 31.0 Å². The van der Waals surface area contributed by atoms with Crippen molar-refractivity contribution in [2.75, 3.05) is 18.4 Å². The first-order chi connectivity index (χ1) is 19.8. The number of rotatable bonds is 10. The molecule has 3 aromatic heterocycles. The second kappa shape index (κ2) is 12.1. The van der Waals surface area contributed by atoms with Crippen LogP contribution >= 0.6 is 0 Å². The van der Waals surface area contributed by atoms with Gasteiger partial charge in [0.05, 0.1) is 29.6 Å². The third-order valence-corrected chi connectivity index (χ3v) is 6.00. The lowest BCUT2D eigenvalue weighted by Gasteiger charge is -2.17. The molecule has 0 fully saturated rings. The molecule has 0 spiro atoms. The standard InChI is InChI=1S/C25H25F6N9O2/c1-12-5-14(6-16(26)20(12)24(42)36-13(2)8-34-19(41)7-32)37-22-23-35-9-17(40(23)4-3-33-22)15-10-39(11-18(27)28)38-21(15)25(29,30)31/h3-6,9-10,13,18H,7-8,11,32H2,1-2H3,(H,33,37)(H,34,41)(H,36,42)/t13-/m1/s1. The van der Waals surface area contributed by atoms with Crippen LogP contribution in [0.25, 0.3) is 16.9 Å². The molecule has 4 aromatic rings. The average Bonchev–Trinajstić information content (AvgIpc) is 3.51. The Balaban J connectivity index is 1.61. The quantitative estimate of drug-likeness (QED) is 0.206. The fraction of sp³-hybridized carbons (Fsp3) is 0.320. The summed E-state index contributed by atoms with van der Waals surface area (Å²) in [5.74, 6) is -1.95. The van der Waals surface area contributed by atoms with E-state index in [1.54, 1.807) is 6.92 Å². The lowest BCUT2D eigenvalue weighted by atomic mass is 10.1. The van der Waals surface area contributed by atoms with Crippen LogP contribution in [-0.2, 0) is 17.5 Å². The van der Waals surface area contributed by atoms with E-state index in [0.29, 0.717) is 4.68 Å². The molecular formula is C25H25F6N9O2. The van der Waals surface area contributed by atoms with Crippen molar-refractivity contribution in [2.24, 2.45) is 5.73 Å². The summed E-state index contributed by atoms with van der Waals surface area (Å²) in [5.41, 5.74) is 3.54. The van der Waals surface area contributed by atoms with Crippen molar-refractivity contribution >= 4 is 29.0 Å². The van der Waals surface area contributed by atoms with E-state index in [1.807, 2.05) is 0 Å². The van der Waals surface area contributed by atoms with Gasteiger partial charge in [-0.2, -0.15) is 18.3 Å². The molecule has 3 heterocycles. The highest BCUT2D eigenvalue weighted by Crippen LogP contribution is 2.37. The number of nitrogens with zero attached hydrogens (tertiary/aromatic N) is 5. The van der Waals surface area contributed by atoms with Crippen LogP contribution in [0.3, 0.4) is 0 Å². The first-order valence-electron chi connectivity index (χ1n) is 12.4. The van der Waals surface area contributed by atoms with E-state index >= 15 is 4.39 Å². The molecule has 4 rings (SSSR count). The van der Waals surface area contributed by atoms with Crippen molar-refractivity contribution in [3.8, 4) is 11.3 Å². The van der Waals surface area contributed by atoms with Gasteiger partial charge in [0.15, 0.2) is 17.2 Å². The lowest BCUT2D eigenvalue weighted by Crippen LogP contribution is -2.43. The molecule has 2 amide bonds. The number of aromatic nitrogens is 5.